The molecule has 0 fully saturated rings. The molecule has 6 nitrogen and oxygen atoms in total. The Morgan fingerprint density at radius 2 is 2.00 bits per heavy atom. The smallest absolute Gasteiger partial charge is 0.337 e. The van der Waals surface area contributed by atoms with Crippen LogP contribution < -0.4 is 14.8 Å². The molecule has 5 rings (SSSR count). The predicted molar refractivity (Wildman–Crippen MR) is 121 cm³/mol. The van der Waals surface area contributed by atoms with Crippen LogP contribution in [0.15, 0.2) is 58.3 Å². The number of thiophene rings is 1. The van der Waals surface area contributed by atoms with Gasteiger partial charge < -0.3 is 19.5 Å². The van der Waals surface area contributed by atoms with Crippen molar-refractivity contribution in [2.45, 2.75) is 51.6 Å². The highest BCUT2D eigenvalue weighted by molar-refractivity contribution is 7.10. The molecular formula is C25H25NO5S. The lowest BCUT2D eigenvalue weighted by Gasteiger charge is -2.36. The molecule has 1 aromatic heterocycles. The van der Waals surface area contributed by atoms with Gasteiger partial charge in [0.1, 0.15) is 0 Å². The van der Waals surface area contributed by atoms with E-state index < -0.39 is 11.9 Å². The molecule has 1 aliphatic carbocycles. The lowest BCUT2D eigenvalue weighted by Crippen LogP contribution is -2.36. The first-order chi connectivity index (χ1) is 15.4. The van der Waals surface area contributed by atoms with Gasteiger partial charge in [0.05, 0.1) is 11.7 Å². The number of esters is 1. The fraction of sp³-hybridized carbons (Fsp3) is 0.360. The molecule has 1 N–H and O–H groups in total. The lowest BCUT2D eigenvalue weighted by molar-refractivity contribution is -0.143. The van der Waals surface area contributed by atoms with Gasteiger partial charge in [0.15, 0.2) is 17.3 Å². The number of dihydropyridines is 1. The van der Waals surface area contributed by atoms with Crippen molar-refractivity contribution in [1.29, 1.82) is 0 Å². The van der Waals surface area contributed by atoms with Crippen molar-refractivity contribution >= 4 is 23.1 Å². The van der Waals surface area contributed by atoms with E-state index in [4.69, 9.17) is 14.2 Å². The zero-order chi connectivity index (χ0) is 22.4. The number of allylic oxidation sites excluding steroid dienone is 3. The fourth-order valence-corrected chi connectivity index (χ4v) is 5.57. The van der Waals surface area contributed by atoms with Gasteiger partial charge in [0.25, 0.3) is 0 Å². The number of hydrogen-bond acceptors (Lipinski definition) is 7. The molecule has 0 spiro atoms. The molecule has 0 amide bonds. The van der Waals surface area contributed by atoms with E-state index in [1.165, 1.54) is 4.88 Å². The van der Waals surface area contributed by atoms with E-state index in [1.807, 2.05) is 50.4 Å². The van der Waals surface area contributed by atoms with Crippen LogP contribution in [0.2, 0.25) is 0 Å². The molecule has 0 unspecified atom stereocenters. The summed E-state index contributed by atoms with van der Waals surface area (Å²) in [5.41, 5.74) is 3.55. The number of ether oxygens (including phenoxy) is 3. The number of benzene rings is 1. The van der Waals surface area contributed by atoms with Crippen molar-refractivity contribution < 1.29 is 23.8 Å². The minimum atomic E-state index is -0.510. The molecular weight excluding hydrogens is 426 g/mol. The van der Waals surface area contributed by atoms with E-state index in [-0.39, 0.29) is 24.6 Å². The van der Waals surface area contributed by atoms with Gasteiger partial charge in [-0.25, -0.2) is 4.79 Å². The number of rotatable bonds is 4. The first-order valence-electron chi connectivity index (χ1n) is 10.8. The molecule has 2 aliphatic heterocycles. The topological polar surface area (TPSA) is 73.9 Å². The molecule has 32 heavy (non-hydrogen) atoms. The Balaban J connectivity index is 1.61. The van der Waals surface area contributed by atoms with Crippen LogP contribution >= 0.6 is 11.3 Å². The summed E-state index contributed by atoms with van der Waals surface area (Å²) in [7, 11) is 0. The van der Waals surface area contributed by atoms with Crippen molar-refractivity contribution in [3.05, 3.63) is 68.7 Å². The molecule has 3 aliphatic rings. The summed E-state index contributed by atoms with van der Waals surface area (Å²) in [4.78, 5) is 27.9. The first kappa shape index (κ1) is 20.8. The molecule has 0 saturated carbocycles. The number of carbonyl (C=O) groups is 2. The van der Waals surface area contributed by atoms with Gasteiger partial charge in [-0.15, -0.1) is 11.3 Å². The first-order valence-corrected chi connectivity index (χ1v) is 11.7. The number of ketones is 1. The van der Waals surface area contributed by atoms with Gasteiger partial charge in [-0.05, 0) is 56.3 Å². The van der Waals surface area contributed by atoms with Crippen molar-refractivity contribution in [3.63, 3.8) is 0 Å². The Morgan fingerprint density at radius 3 is 2.75 bits per heavy atom. The second kappa shape index (κ2) is 8.13. The van der Waals surface area contributed by atoms with Gasteiger partial charge in [-0.3, -0.25) is 4.79 Å². The van der Waals surface area contributed by atoms with Crippen LogP contribution in [0.1, 0.15) is 55.9 Å². The minimum absolute atomic E-state index is 0.0576. The SMILES string of the molecule is CC1=C(C(=O)OC(C)C)[C@@H](c2ccc3c(c2)OCO3)C2=C(C[C@H](c3cccs3)CC2=O)N1. The third-order valence-corrected chi connectivity index (χ3v) is 7.10. The van der Waals surface area contributed by atoms with Crippen LogP contribution in [0.25, 0.3) is 0 Å². The summed E-state index contributed by atoms with van der Waals surface area (Å²) >= 11 is 1.68. The highest BCUT2D eigenvalue weighted by Gasteiger charge is 2.42. The normalized spacial score (nSPS) is 22.2. The Morgan fingerprint density at radius 1 is 1.19 bits per heavy atom. The van der Waals surface area contributed by atoms with Crippen LogP contribution in [0.5, 0.6) is 11.5 Å². The van der Waals surface area contributed by atoms with Gasteiger partial charge >= 0.3 is 5.97 Å². The second-order valence-electron chi connectivity index (χ2n) is 8.60. The fourth-order valence-electron chi connectivity index (χ4n) is 4.74. The zero-order valence-electron chi connectivity index (χ0n) is 18.3. The highest BCUT2D eigenvalue weighted by Crippen LogP contribution is 2.47. The van der Waals surface area contributed by atoms with E-state index in [2.05, 4.69) is 11.4 Å². The average molecular weight is 452 g/mol. The van der Waals surface area contributed by atoms with Gasteiger partial charge in [-0.2, -0.15) is 0 Å². The van der Waals surface area contributed by atoms with Crippen LogP contribution in [-0.4, -0.2) is 24.6 Å². The summed E-state index contributed by atoms with van der Waals surface area (Å²) in [6, 6.07) is 9.71. The van der Waals surface area contributed by atoms with E-state index >= 15 is 0 Å². The number of nitrogens with one attached hydrogen (secondary N) is 1. The molecule has 0 radical (unpaired) electrons. The Bertz CT molecular complexity index is 1150. The molecule has 166 valence electrons. The average Bonchev–Trinajstić information content (AvgIpc) is 3.43. The van der Waals surface area contributed by atoms with Crippen molar-refractivity contribution in [2.75, 3.05) is 6.79 Å². The molecule has 3 heterocycles. The van der Waals surface area contributed by atoms with Crippen LogP contribution in [0.3, 0.4) is 0 Å². The summed E-state index contributed by atoms with van der Waals surface area (Å²) in [6.07, 6.45) is 0.890. The summed E-state index contributed by atoms with van der Waals surface area (Å²) in [6.45, 7) is 5.68. The molecule has 1 aromatic carbocycles. The minimum Gasteiger partial charge on any atom is -0.460 e. The maximum atomic E-state index is 13.5. The van der Waals surface area contributed by atoms with Crippen molar-refractivity contribution in [2.24, 2.45) is 0 Å². The van der Waals surface area contributed by atoms with Crippen LogP contribution in [-0.2, 0) is 14.3 Å². The van der Waals surface area contributed by atoms with Crippen molar-refractivity contribution in [3.8, 4) is 11.5 Å². The Labute approximate surface area is 190 Å². The maximum absolute atomic E-state index is 13.5. The van der Waals surface area contributed by atoms with Crippen molar-refractivity contribution in [1.82, 2.24) is 5.32 Å². The monoisotopic (exact) mass is 451 g/mol. The van der Waals surface area contributed by atoms with E-state index in [1.54, 1.807) is 11.3 Å². The lowest BCUT2D eigenvalue weighted by atomic mass is 9.72. The predicted octanol–water partition coefficient (Wildman–Crippen LogP) is 4.79. The molecule has 2 atom stereocenters. The molecule has 0 bridgehead atoms. The van der Waals surface area contributed by atoms with Gasteiger partial charge in [0, 0.05) is 40.1 Å². The van der Waals surface area contributed by atoms with Crippen LogP contribution in [0.4, 0.5) is 0 Å². The van der Waals surface area contributed by atoms with Gasteiger partial charge in [0.2, 0.25) is 6.79 Å². The Hall–Kier alpha value is -3.06. The maximum Gasteiger partial charge on any atom is 0.337 e. The van der Waals surface area contributed by atoms with E-state index in [0.29, 0.717) is 29.1 Å². The quantitative estimate of drug-likeness (QED) is 0.674. The number of hydrogen-bond donors (Lipinski definition) is 1. The van der Waals surface area contributed by atoms with Gasteiger partial charge in [-0.1, -0.05) is 12.1 Å². The molecule has 2 aromatic rings. The summed E-state index contributed by atoms with van der Waals surface area (Å²) in [5.74, 6) is 0.565. The third kappa shape index (κ3) is 3.60. The highest BCUT2D eigenvalue weighted by atomic mass is 32.1. The number of carbonyl (C=O) groups excluding carboxylic acids is 2. The second-order valence-corrected chi connectivity index (χ2v) is 9.58. The zero-order valence-corrected chi connectivity index (χ0v) is 19.1. The van der Waals surface area contributed by atoms with Crippen LogP contribution in [0, 0.1) is 0 Å². The number of Topliss-reactive ketones (excluding diaryl/α,β-unsaturated/α-hetero) is 1. The standard InChI is InChI=1S/C25H25NO5S/c1-13(2)31-25(28)22-14(3)26-17-9-16(21-5-4-8-32-21)10-18(27)24(17)23(22)15-6-7-19-20(11-15)30-12-29-19/h4-8,11,13,16,23,26H,9-10,12H2,1-3H3/t16-,23+/m0/s1. The Kier molecular flexibility index (Phi) is 5.29. The molecule has 7 heteroatoms. The largest absolute Gasteiger partial charge is 0.460 e. The summed E-state index contributed by atoms with van der Waals surface area (Å²) in [5, 5.41) is 5.42. The molecule has 0 saturated heterocycles. The van der Waals surface area contributed by atoms with E-state index in [0.717, 1.165) is 23.4 Å². The number of fused-ring (bicyclic) bond motifs is 1. The third-order valence-electron chi connectivity index (χ3n) is 6.07. The summed E-state index contributed by atoms with van der Waals surface area (Å²) < 4.78 is 16.6. The van der Waals surface area contributed by atoms with E-state index in [9.17, 15) is 9.59 Å².